The van der Waals surface area contributed by atoms with Crippen LogP contribution in [0.15, 0.2) is 0 Å². The Balaban J connectivity index is 3.08. The summed E-state index contributed by atoms with van der Waals surface area (Å²) in [5.41, 5.74) is 0.674. The molecular weight excluding hydrogens is 204 g/mol. The van der Waals surface area contributed by atoms with E-state index in [0.717, 1.165) is 0 Å². The minimum atomic E-state index is 0.217. The third kappa shape index (κ3) is 3.26. The molecule has 17 heavy (non-hydrogen) atoms. The van der Waals surface area contributed by atoms with Gasteiger partial charge in [-0.2, -0.15) is 0 Å². The van der Waals surface area contributed by atoms with E-state index in [-0.39, 0.29) is 16.2 Å². The van der Waals surface area contributed by atoms with Crippen molar-refractivity contribution >= 4 is 0 Å². The van der Waals surface area contributed by atoms with Gasteiger partial charge in [0.15, 0.2) is 0 Å². The van der Waals surface area contributed by atoms with E-state index in [4.69, 9.17) is 0 Å². The van der Waals surface area contributed by atoms with Crippen molar-refractivity contribution < 1.29 is 0 Å². The zero-order valence-electron chi connectivity index (χ0n) is 13.2. The van der Waals surface area contributed by atoms with Crippen molar-refractivity contribution in [2.75, 3.05) is 0 Å². The second-order valence-corrected chi connectivity index (χ2v) is 8.29. The van der Waals surface area contributed by atoms with Crippen LogP contribution in [0.3, 0.4) is 0 Å². The lowest BCUT2D eigenvalue weighted by atomic mass is 9.59. The molecule has 5 radical (unpaired) electrons. The lowest BCUT2D eigenvalue weighted by Crippen LogP contribution is -2.35. The van der Waals surface area contributed by atoms with Crippen molar-refractivity contribution in [2.24, 2.45) is 16.2 Å². The van der Waals surface area contributed by atoms with E-state index < -0.39 is 0 Å². The molecule has 97 valence electrons. The molecule has 0 aliphatic heterocycles. The smallest absolute Gasteiger partial charge is 0.00354 e. The fraction of sp³-hybridized carbons (Fsp3) is 0.706. The minimum Gasteiger partial charge on any atom is -0.0596 e. The van der Waals surface area contributed by atoms with Crippen LogP contribution in [-0.4, -0.2) is 0 Å². The molecule has 0 heteroatoms. The predicted molar refractivity (Wildman–Crippen MR) is 76.7 cm³/mol. The molecule has 0 N–H and O–H groups in total. The highest BCUT2D eigenvalue weighted by Crippen LogP contribution is 2.60. The Kier molecular flexibility index (Phi) is 3.79. The summed E-state index contributed by atoms with van der Waals surface area (Å²) in [6.45, 7) is 20.8. The van der Waals surface area contributed by atoms with Gasteiger partial charge in [0.25, 0.3) is 0 Å². The van der Waals surface area contributed by atoms with Crippen molar-refractivity contribution in [3.05, 3.63) is 30.6 Å². The lowest BCUT2D eigenvalue weighted by molar-refractivity contribution is 0.327. The van der Waals surface area contributed by atoms with Crippen LogP contribution in [0.25, 0.3) is 0 Å². The molecule has 1 aliphatic carbocycles. The molecular formula is C17H29. The standard InChI is InChI=1S/C17H29/c1-15(2,3)12-10-11-13(16(4,5)6)14(12)17(7,8)9/h10-11H,1-9H3. The van der Waals surface area contributed by atoms with E-state index in [0.29, 0.717) is 0 Å². The maximum Gasteiger partial charge on any atom is -0.00354 e. The quantitative estimate of drug-likeness (QED) is 0.534. The van der Waals surface area contributed by atoms with Gasteiger partial charge in [0, 0.05) is 0 Å². The lowest BCUT2D eigenvalue weighted by Gasteiger charge is -2.44. The van der Waals surface area contributed by atoms with Gasteiger partial charge in [0.2, 0.25) is 0 Å². The van der Waals surface area contributed by atoms with E-state index in [1.54, 1.807) is 5.92 Å². The maximum atomic E-state index is 2.33. The summed E-state index contributed by atoms with van der Waals surface area (Å²) in [5, 5.41) is 0. The molecule has 0 spiro atoms. The highest BCUT2D eigenvalue weighted by atomic mass is 14.5. The van der Waals surface area contributed by atoms with Crippen LogP contribution in [0.1, 0.15) is 62.3 Å². The summed E-state index contributed by atoms with van der Waals surface area (Å²) in [5.74, 6) is 4.57. The Hall–Kier alpha value is 0. The van der Waals surface area contributed by atoms with Gasteiger partial charge in [-0.25, -0.2) is 0 Å². The van der Waals surface area contributed by atoms with Crippen LogP contribution >= 0.6 is 0 Å². The van der Waals surface area contributed by atoms with E-state index in [1.165, 1.54) is 11.8 Å². The Morgan fingerprint density at radius 3 is 1.00 bits per heavy atom. The topological polar surface area (TPSA) is 0 Å². The molecule has 0 bridgehead atoms. The van der Waals surface area contributed by atoms with Crippen molar-refractivity contribution in [1.82, 2.24) is 0 Å². The average Bonchev–Trinajstić information content (AvgIpc) is 2.42. The first-order chi connectivity index (χ1) is 7.35. The monoisotopic (exact) mass is 233 g/mol. The minimum absolute atomic E-state index is 0.217. The first-order valence-electron chi connectivity index (χ1n) is 6.66. The predicted octanol–water partition coefficient (Wildman–Crippen LogP) is 5.27. The largest absolute Gasteiger partial charge is 0.0596 e. The van der Waals surface area contributed by atoms with Crippen molar-refractivity contribution in [3.8, 4) is 0 Å². The second-order valence-electron chi connectivity index (χ2n) is 8.29. The zero-order chi connectivity index (χ0) is 13.6. The third-order valence-corrected chi connectivity index (χ3v) is 3.32. The number of rotatable bonds is 0. The first-order valence-corrected chi connectivity index (χ1v) is 6.66. The Morgan fingerprint density at radius 1 is 0.529 bits per heavy atom. The normalized spacial score (nSPS) is 22.4. The van der Waals surface area contributed by atoms with Gasteiger partial charge in [-0.3, -0.25) is 0 Å². The molecule has 1 fully saturated rings. The Labute approximate surface area is 110 Å². The van der Waals surface area contributed by atoms with Crippen LogP contribution in [0.5, 0.6) is 0 Å². The molecule has 0 nitrogen and oxygen atoms in total. The van der Waals surface area contributed by atoms with Gasteiger partial charge >= 0.3 is 0 Å². The van der Waals surface area contributed by atoms with Crippen LogP contribution in [-0.2, 0) is 0 Å². The molecule has 1 aliphatic rings. The molecule has 0 aromatic rings. The van der Waals surface area contributed by atoms with Gasteiger partial charge in [0.1, 0.15) is 0 Å². The number of hydrogen-bond acceptors (Lipinski definition) is 0. The molecule has 0 unspecified atom stereocenters. The highest BCUT2D eigenvalue weighted by molar-refractivity contribution is 5.56. The van der Waals surface area contributed by atoms with Crippen LogP contribution < -0.4 is 0 Å². The highest BCUT2D eigenvalue weighted by Gasteiger charge is 2.51. The Bertz CT molecular complexity index is 231. The summed E-state index contributed by atoms with van der Waals surface area (Å²) in [6, 6.07) is 0. The summed E-state index contributed by atoms with van der Waals surface area (Å²) >= 11 is 0. The maximum absolute atomic E-state index is 2.33. The molecule has 0 aromatic heterocycles. The summed E-state index contributed by atoms with van der Waals surface area (Å²) < 4.78 is 0. The van der Waals surface area contributed by atoms with Gasteiger partial charge in [0.05, 0.1) is 0 Å². The third-order valence-electron chi connectivity index (χ3n) is 3.32. The van der Waals surface area contributed by atoms with Crippen LogP contribution in [0, 0.1) is 46.8 Å². The molecule has 0 heterocycles. The van der Waals surface area contributed by atoms with Crippen molar-refractivity contribution in [1.29, 1.82) is 0 Å². The van der Waals surface area contributed by atoms with E-state index in [1.807, 2.05) is 0 Å². The molecule has 1 saturated carbocycles. The zero-order valence-corrected chi connectivity index (χ0v) is 13.2. The fourth-order valence-electron chi connectivity index (χ4n) is 2.54. The van der Waals surface area contributed by atoms with Crippen LogP contribution in [0.2, 0.25) is 0 Å². The Morgan fingerprint density at radius 2 is 0.824 bits per heavy atom. The van der Waals surface area contributed by atoms with Gasteiger partial charge in [-0.1, -0.05) is 62.3 Å². The molecule has 1 rings (SSSR count). The average molecular weight is 233 g/mol. The van der Waals surface area contributed by atoms with E-state index >= 15 is 0 Å². The fourth-order valence-corrected chi connectivity index (χ4v) is 2.54. The molecule has 0 aromatic carbocycles. The van der Waals surface area contributed by atoms with E-state index in [2.05, 4.69) is 75.2 Å². The van der Waals surface area contributed by atoms with E-state index in [9.17, 15) is 0 Å². The summed E-state index contributed by atoms with van der Waals surface area (Å²) in [7, 11) is 0. The van der Waals surface area contributed by atoms with Crippen molar-refractivity contribution in [2.45, 2.75) is 62.3 Å². The molecule has 0 amide bonds. The summed E-state index contributed by atoms with van der Waals surface area (Å²) in [6.07, 6.45) is 4.67. The first kappa shape index (κ1) is 15.1. The molecule has 0 saturated heterocycles. The van der Waals surface area contributed by atoms with Crippen molar-refractivity contribution in [3.63, 3.8) is 0 Å². The van der Waals surface area contributed by atoms with Crippen LogP contribution in [0.4, 0.5) is 0 Å². The SMILES string of the molecule is CC(C)(C)[C]1[CH][CH][C](C(C)(C)C)[C]1C(C)(C)C. The van der Waals surface area contributed by atoms with Gasteiger partial charge < -0.3 is 0 Å². The number of hydrogen-bond donors (Lipinski definition) is 0. The second kappa shape index (κ2) is 4.28. The van der Waals surface area contributed by atoms with Gasteiger partial charge in [-0.05, 0) is 46.8 Å². The summed E-state index contributed by atoms with van der Waals surface area (Å²) in [4.78, 5) is 0. The molecule has 0 atom stereocenters. The van der Waals surface area contributed by atoms with Gasteiger partial charge in [-0.15, -0.1) is 0 Å².